The quantitative estimate of drug-likeness (QED) is 0.400. The van der Waals surface area contributed by atoms with Crippen molar-refractivity contribution in [1.82, 2.24) is 0 Å². The fourth-order valence-electron chi connectivity index (χ4n) is 0.940. The molecule has 0 radical (unpaired) electrons. The molecule has 0 aliphatic carbocycles. The molecule has 0 atom stereocenters. The second kappa shape index (κ2) is 13.3. The van der Waals surface area contributed by atoms with Crippen LogP contribution >= 0.6 is 0 Å². The summed E-state index contributed by atoms with van der Waals surface area (Å²) in [7, 11) is -3.88. The molecule has 0 saturated carbocycles. The summed E-state index contributed by atoms with van der Waals surface area (Å²) in [5, 5.41) is 15.2. The zero-order chi connectivity index (χ0) is 12.9. The van der Waals surface area contributed by atoms with Gasteiger partial charge in [0.05, 0.1) is 13.2 Å². The normalized spacial score (nSPS) is 11.6. The Kier molecular flexibility index (Phi) is 15.4. The Morgan fingerprint density at radius 1 is 1.06 bits per heavy atom. The summed E-state index contributed by atoms with van der Waals surface area (Å²) >= 11 is 0. The molecule has 0 aromatic rings. The molecule has 0 spiro atoms. The molecule has 0 unspecified atom stereocenters. The highest BCUT2D eigenvalue weighted by atomic mass is 28.4. The van der Waals surface area contributed by atoms with E-state index in [2.05, 4.69) is 0 Å². The predicted molar refractivity (Wildman–Crippen MR) is 65.8 cm³/mol. The molecule has 16 heavy (non-hydrogen) atoms. The average molecular weight is 272 g/mol. The minimum atomic E-state index is -2.90. The van der Waals surface area contributed by atoms with Gasteiger partial charge in [-0.2, -0.15) is 0 Å². The largest absolute Gasteiger partial charge is 0.497 e. The van der Waals surface area contributed by atoms with Crippen LogP contribution in [0.2, 0.25) is 12.1 Å². The number of rotatable bonds is 8. The molecular weight excluding hydrogens is 248 g/mol. The van der Waals surface area contributed by atoms with Gasteiger partial charge in [0.25, 0.3) is 0 Å². The topological polar surface area (TPSA) is 99.4 Å². The molecule has 0 heterocycles. The zero-order valence-corrected chi connectivity index (χ0v) is 12.5. The van der Waals surface area contributed by atoms with Gasteiger partial charge in [-0.1, -0.05) is 0 Å². The van der Waals surface area contributed by atoms with Crippen LogP contribution in [-0.2, 0) is 8.85 Å². The van der Waals surface area contributed by atoms with Crippen LogP contribution in [0.4, 0.5) is 0 Å². The van der Waals surface area contributed by atoms with Crippen LogP contribution in [-0.4, -0.2) is 64.8 Å². The van der Waals surface area contributed by atoms with Crippen molar-refractivity contribution < 1.29 is 28.7 Å². The second-order valence-electron chi connectivity index (χ2n) is 2.85. The number of hydrogen-bond acceptors (Lipinski definition) is 6. The van der Waals surface area contributed by atoms with Gasteiger partial charge in [-0.25, -0.2) is 0 Å². The summed E-state index contributed by atoms with van der Waals surface area (Å²) in [6.45, 7) is 4.34. The molecule has 6 nitrogen and oxygen atoms in total. The summed E-state index contributed by atoms with van der Waals surface area (Å²) in [5.74, 6) is 0. The highest BCUT2D eigenvalue weighted by Gasteiger charge is 2.35. The lowest BCUT2D eigenvalue weighted by molar-refractivity contribution is 0.109. The molecule has 0 aromatic carbocycles. The summed E-state index contributed by atoms with van der Waals surface area (Å²) in [4.78, 5) is 18.5. The van der Waals surface area contributed by atoms with Gasteiger partial charge in [0, 0.05) is 19.3 Å². The maximum Gasteiger partial charge on any atom is 0.497 e. The monoisotopic (exact) mass is 272 g/mol. The van der Waals surface area contributed by atoms with Gasteiger partial charge >= 0.3 is 8.80 Å². The van der Waals surface area contributed by atoms with Crippen LogP contribution in [0.25, 0.3) is 0 Å². The van der Waals surface area contributed by atoms with Crippen molar-refractivity contribution in [2.45, 2.75) is 25.9 Å². The molecule has 4 N–H and O–H groups in total. The van der Waals surface area contributed by atoms with Crippen LogP contribution in [0.5, 0.6) is 0 Å². The summed E-state index contributed by atoms with van der Waals surface area (Å²) in [6.07, 6.45) is 0. The lowest BCUT2D eigenvalue weighted by Crippen LogP contribution is -2.42. The van der Waals surface area contributed by atoms with E-state index in [-0.39, 0.29) is 13.2 Å². The Hall–Kier alpha value is 0.194. The molecule has 0 amide bonds. The first-order valence-electron chi connectivity index (χ1n) is 5.43. The van der Waals surface area contributed by atoms with Crippen molar-refractivity contribution in [3.05, 3.63) is 0 Å². The molecule has 0 aromatic heterocycles. The second-order valence-corrected chi connectivity index (χ2v) is 6.51. The summed E-state index contributed by atoms with van der Waals surface area (Å²) in [6, 6.07) is 1.17. The van der Waals surface area contributed by atoms with Gasteiger partial charge < -0.3 is 28.7 Å². The average Bonchev–Trinajstić information content (AvgIpc) is 2.27. The van der Waals surface area contributed by atoms with Crippen molar-refractivity contribution in [1.29, 1.82) is 0 Å². The van der Waals surface area contributed by atoms with Gasteiger partial charge in [-0.15, -0.1) is 0 Å². The fraction of sp³-hybridized carbons (Fsp3) is 1.00. The van der Waals surface area contributed by atoms with Crippen LogP contribution < -0.4 is 0 Å². The smallest absolute Gasteiger partial charge is 0.438 e. The van der Waals surface area contributed by atoms with E-state index in [0.29, 0.717) is 25.3 Å². The van der Waals surface area contributed by atoms with Crippen molar-refractivity contribution in [2.24, 2.45) is 0 Å². The van der Waals surface area contributed by atoms with E-state index in [9.17, 15) is 4.80 Å². The van der Waals surface area contributed by atoms with Crippen LogP contribution in [0, 0.1) is 0 Å². The highest BCUT2D eigenvalue weighted by molar-refractivity contribution is 6.60. The SMILES string of the molecule is CCO[Si](O)(CC[SiH2]O)OCC.OCCO. The molecule has 0 aliphatic heterocycles. The predicted octanol–water partition coefficient (Wildman–Crippen LogP) is -1.54. The van der Waals surface area contributed by atoms with Gasteiger partial charge in [0.1, 0.15) is 0 Å². The standard InChI is InChI=1S/C6H18O4Si2.C2H6O2/c1-3-9-12(8,10-4-2)6-5-11-7;3-1-2-4/h7-8H,3-6,11H2,1-2H3;3-4H,1-2H2. The van der Waals surface area contributed by atoms with E-state index in [1.165, 1.54) is 0 Å². The Labute approximate surface area is 100 Å². The first kappa shape index (κ1) is 18.6. The van der Waals surface area contributed by atoms with E-state index in [1.807, 2.05) is 13.8 Å². The third kappa shape index (κ3) is 12.3. The highest BCUT2D eigenvalue weighted by Crippen LogP contribution is 2.12. The molecule has 8 heteroatoms. The molecule has 0 aliphatic rings. The molecule has 0 bridgehead atoms. The Morgan fingerprint density at radius 2 is 1.50 bits per heavy atom. The number of aliphatic hydroxyl groups is 2. The van der Waals surface area contributed by atoms with Crippen molar-refractivity contribution in [2.75, 3.05) is 26.4 Å². The van der Waals surface area contributed by atoms with Gasteiger partial charge in [-0.05, 0) is 19.9 Å². The number of aliphatic hydroxyl groups excluding tert-OH is 2. The van der Waals surface area contributed by atoms with E-state index in [1.54, 1.807) is 0 Å². The minimum absolute atomic E-state index is 0.125. The lowest BCUT2D eigenvalue weighted by atomic mass is 10.8. The Morgan fingerprint density at radius 3 is 1.75 bits per heavy atom. The van der Waals surface area contributed by atoms with E-state index in [4.69, 9.17) is 23.9 Å². The van der Waals surface area contributed by atoms with E-state index >= 15 is 0 Å². The zero-order valence-electron chi connectivity index (χ0n) is 10.1. The maximum absolute atomic E-state index is 9.75. The van der Waals surface area contributed by atoms with Crippen LogP contribution in [0.15, 0.2) is 0 Å². The van der Waals surface area contributed by atoms with Crippen molar-refractivity contribution in [3.63, 3.8) is 0 Å². The first-order valence-corrected chi connectivity index (χ1v) is 9.03. The third-order valence-electron chi connectivity index (χ3n) is 1.49. The Bertz CT molecular complexity index is 130. The maximum atomic E-state index is 9.75. The van der Waals surface area contributed by atoms with Gasteiger partial charge in [0.15, 0.2) is 9.76 Å². The lowest BCUT2D eigenvalue weighted by Gasteiger charge is -2.22. The van der Waals surface area contributed by atoms with Crippen molar-refractivity contribution in [3.8, 4) is 0 Å². The molecular formula is C8H24O6Si2. The number of hydrogen-bond donors (Lipinski definition) is 4. The van der Waals surface area contributed by atoms with Gasteiger partial charge in [0.2, 0.25) is 0 Å². The van der Waals surface area contributed by atoms with E-state index < -0.39 is 18.6 Å². The van der Waals surface area contributed by atoms with Crippen molar-refractivity contribution >= 4 is 18.6 Å². The first-order chi connectivity index (χ1) is 7.60. The molecule has 100 valence electrons. The third-order valence-corrected chi connectivity index (χ3v) is 5.33. The van der Waals surface area contributed by atoms with Crippen LogP contribution in [0.3, 0.4) is 0 Å². The van der Waals surface area contributed by atoms with E-state index in [0.717, 1.165) is 0 Å². The van der Waals surface area contributed by atoms with Crippen LogP contribution in [0.1, 0.15) is 13.8 Å². The molecule has 0 saturated heterocycles. The summed E-state index contributed by atoms with van der Waals surface area (Å²) < 4.78 is 10.3. The summed E-state index contributed by atoms with van der Waals surface area (Å²) in [5.41, 5.74) is 0. The molecule has 0 fully saturated rings. The fourth-order valence-corrected chi connectivity index (χ4v) is 4.63. The molecule has 0 rings (SSSR count). The van der Waals surface area contributed by atoms with Gasteiger partial charge in [-0.3, -0.25) is 0 Å². The Balaban J connectivity index is 0. The minimum Gasteiger partial charge on any atom is -0.438 e.